The highest BCUT2D eigenvalue weighted by atomic mass is 16.5. The third-order valence-electron chi connectivity index (χ3n) is 2.56. The van der Waals surface area contributed by atoms with Crippen molar-refractivity contribution in [2.24, 2.45) is 0 Å². The molecule has 2 heterocycles. The first kappa shape index (κ1) is 11.3. The summed E-state index contributed by atoms with van der Waals surface area (Å²) in [6.45, 7) is 5.42. The van der Waals surface area contributed by atoms with Crippen molar-refractivity contribution >= 4 is 5.95 Å². The topological polar surface area (TPSA) is 59.1 Å². The molecule has 1 saturated heterocycles. The van der Waals surface area contributed by atoms with E-state index in [2.05, 4.69) is 20.6 Å². The number of aryl methyl sites for hydroxylation is 1. The molecule has 0 aromatic carbocycles. The van der Waals surface area contributed by atoms with Gasteiger partial charge in [0.25, 0.3) is 0 Å². The van der Waals surface area contributed by atoms with Crippen LogP contribution in [0.1, 0.15) is 12.0 Å². The molecular weight excluding hydrogens is 204 g/mol. The zero-order chi connectivity index (χ0) is 11.2. The van der Waals surface area contributed by atoms with Crippen molar-refractivity contribution in [1.29, 1.82) is 0 Å². The fourth-order valence-electron chi connectivity index (χ4n) is 1.65. The number of nitrogens with one attached hydrogen (secondary N) is 2. The normalized spacial score (nSPS) is 20.7. The van der Waals surface area contributed by atoms with Crippen LogP contribution in [0.5, 0.6) is 0 Å². The van der Waals surface area contributed by atoms with Gasteiger partial charge >= 0.3 is 0 Å². The van der Waals surface area contributed by atoms with Crippen LogP contribution in [-0.4, -0.2) is 42.3 Å². The Labute approximate surface area is 95.6 Å². The van der Waals surface area contributed by atoms with Crippen molar-refractivity contribution in [1.82, 2.24) is 15.3 Å². The van der Waals surface area contributed by atoms with E-state index in [1.807, 2.05) is 19.3 Å². The molecule has 0 amide bonds. The standard InChI is InChI=1S/C11H18N4O/c1-9-6-14-11(15-7-9)13-3-2-10-8-16-5-4-12-10/h6-7,10,12H,2-5,8H2,1H3,(H,13,14,15). The van der Waals surface area contributed by atoms with E-state index in [4.69, 9.17) is 4.74 Å². The second-order valence-electron chi connectivity index (χ2n) is 4.03. The lowest BCUT2D eigenvalue weighted by molar-refractivity contribution is 0.0753. The lowest BCUT2D eigenvalue weighted by Gasteiger charge is -2.23. The molecule has 1 aliphatic heterocycles. The Bertz CT molecular complexity index is 308. The van der Waals surface area contributed by atoms with E-state index in [0.29, 0.717) is 12.0 Å². The number of anilines is 1. The monoisotopic (exact) mass is 222 g/mol. The van der Waals surface area contributed by atoms with Crippen molar-refractivity contribution in [3.63, 3.8) is 0 Å². The van der Waals surface area contributed by atoms with Gasteiger partial charge in [0, 0.05) is 31.5 Å². The molecule has 0 bridgehead atoms. The third-order valence-corrected chi connectivity index (χ3v) is 2.56. The van der Waals surface area contributed by atoms with Crippen LogP contribution in [0.3, 0.4) is 0 Å². The summed E-state index contributed by atoms with van der Waals surface area (Å²) in [7, 11) is 0. The molecule has 2 rings (SSSR count). The van der Waals surface area contributed by atoms with Crippen LogP contribution in [0.15, 0.2) is 12.4 Å². The van der Waals surface area contributed by atoms with E-state index in [1.165, 1.54) is 0 Å². The van der Waals surface area contributed by atoms with Gasteiger partial charge in [0.1, 0.15) is 0 Å². The third kappa shape index (κ3) is 3.43. The maximum absolute atomic E-state index is 5.38. The lowest BCUT2D eigenvalue weighted by atomic mass is 10.2. The molecule has 0 aliphatic carbocycles. The molecule has 1 aliphatic rings. The largest absolute Gasteiger partial charge is 0.379 e. The Kier molecular flexibility index (Phi) is 4.07. The number of rotatable bonds is 4. The average Bonchev–Trinajstić information content (AvgIpc) is 2.33. The predicted molar refractivity (Wildman–Crippen MR) is 62.5 cm³/mol. The second kappa shape index (κ2) is 5.77. The van der Waals surface area contributed by atoms with Crippen molar-refractivity contribution in [2.75, 3.05) is 31.6 Å². The van der Waals surface area contributed by atoms with Crippen molar-refractivity contribution in [3.05, 3.63) is 18.0 Å². The van der Waals surface area contributed by atoms with Gasteiger partial charge < -0.3 is 15.4 Å². The molecule has 2 N–H and O–H groups in total. The van der Waals surface area contributed by atoms with Crippen LogP contribution in [0.2, 0.25) is 0 Å². The molecule has 1 aromatic rings. The maximum atomic E-state index is 5.38. The zero-order valence-corrected chi connectivity index (χ0v) is 9.57. The molecule has 1 unspecified atom stereocenters. The van der Waals surface area contributed by atoms with Crippen LogP contribution < -0.4 is 10.6 Å². The van der Waals surface area contributed by atoms with Gasteiger partial charge in [-0.1, -0.05) is 0 Å². The molecule has 5 heteroatoms. The van der Waals surface area contributed by atoms with Crippen LogP contribution in [0, 0.1) is 6.92 Å². The minimum Gasteiger partial charge on any atom is -0.379 e. The second-order valence-corrected chi connectivity index (χ2v) is 4.03. The molecule has 1 aromatic heterocycles. The molecule has 1 atom stereocenters. The number of morpholine rings is 1. The summed E-state index contributed by atoms with van der Waals surface area (Å²) < 4.78 is 5.38. The first-order valence-corrected chi connectivity index (χ1v) is 5.68. The van der Waals surface area contributed by atoms with E-state index in [9.17, 15) is 0 Å². The predicted octanol–water partition coefficient (Wildman–Crippen LogP) is 0.575. The molecule has 88 valence electrons. The van der Waals surface area contributed by atoms with Crippen LogP contribution in [-0.2, 0) is 4.74 Å². The summed E-state index contributed by atoms with van der Waals surface area (Å²) in [5.74, 6) is 0.697. The molecule has 0 saturated carbocycles. The van der Waals surface area contributed by atoms with Crippen LogP contribution >= 0.6 is 0 Å². The Morgan fingerprint density at radius 2 is 2.31 bits per heavy atom. The zero-order valence-electron chi connectivity index (χ0n) is 9.57. The summed E-state index contributed by atoms with van der Waals surface area (Å²) in [6, 6.07) is 0.451. The van der Waals surface area contributed by atoms with Gasteiger partial charge in [0.15, 0.2) is 0 Å². The highest BCUT2D eigenvalue weighted by Gasteiger charge is 2.11. The number of ether oxygens (including phenoxy) is 1. The summed E-state index contributed by atoms with van der Waals surface area (Å²) >= 11 is 0. The van der Waals surface area contributed by atoms with E-state index in [0.717, 1.165) is 38.3 Å². The summed E-state index contributed by atoms with van der Waals surface area (Å²) in [5.41, 5.74) is 1.08. The molecule has 0 radical (unpaired) electrons. The summed E-state index contributed by atoms with van der Waals surface area (Å²) in [5, 5.41) is 6.61. The SMILES string of the molecule is Cc1cnc(NCCC2COCCN2)nc1. The maximum Gasteiger partial charge on any atom is 0.222 e. The summed E-state index contributed by atoms with van der Waals surface area (Å²) in [6.07, 6.45) is 4.66. The molecule has 0 spiro atoms. The highest BCUT2D eigenvalue weighted by molar-refractivity contribution is 5.23. The van der Waals surface area contributed by atoms with E-state index in [-0.39, 0.29) is 0 Å². The molecule has 16 heavy (non-hydrogen) atoms. The Hall–Kier alpha value is -1.20. The first-order valence-electron chi connectivity index (χ1n) is 5.68. The average molecular weight is 222 g/mol. The molecule has 1 fully saturated rings. The number of hydrogen-bond acceptors (Lipinski definition) is 5. The van der Waals surface area contributed by atoms with E-state index in [1.54, 1.807) is 0 Å². The minimum atomic E-state index is 0.451. The number of hydrogen-bond donors (Lipinski definition) is 2. The van der Waals surface area contributed by atoms with Gasteiger partial charge in [-0.15, -0.1) is 0 Å². The quantitative estimate of drug-likeness (QED) is 0.780. The van der Waals surface area contributed by atoms with Gasteiger partial charge in [-0.3, -0.25) is 0 Å². The van der Waals surface area contributed by atoms with Crippen molar-refractivity contribution < 1.29 is 4.74 Å². The van der Waals surface area contributed by atoms with Crippen LogP contribution in [0.25, 0.3) is 0 Å². The van der Waals surface area contributed by atoms with Gasteiger partial charge in [0.05, 0.1) is 13.2 Å². The number of aromatic nitrogens is 2. The summed E-state index contributed by atoms with van der Waals surface area (Å²) in [4.78, 5) is 8.37. The van der Waals surface area contributed by atoms with E-state index < -0.39 is 0 Å². The lowest BCUT2D eigenvalue weighted by Crippen LogP contribution is -2.42. The minimum absolute atomic E-state index is 0.451. The Morgan fingerprint density at radius 3 is 3.00 bits per heavy atom. The number of nitrogens with zero attached hydrogens (tertiary/aromatic N) is 2. The Morgan fingerprint density at radius 1 is 1.50 bits per heavy atom. The first-order chi connectivity index (χ1) is 7.84. The van der Waals surface area contributed by atoms with Crippen LogP contribution in [0.4, 0.5) is 5.95 Å². The van der Waals surface area contributed by atoms with E-state index >= 15 is 0 Å². The van der Waals surface area contributed by atoms with Gasteiger partial charge in [-0.05, 0) is 18.9 Å². The fourth-order valence-corrected chi connectivity index (χ4v) is 1.65. The Balaban J connectivity index is 1.69. The highest BCUT2D eigenvalue weighted by Crippen LogP contribution is 2.01. The molecular formula is C11H18N4O. The molecule has 5 nitrogen and oxygen atoms in total. The van der Waals surface area contributed by atoms with Crippen molar-refractivity contribution in [2.45, 2.75) is 19.4 Å². The smallest absolute Gasteiger partial charge is 0.222 e. The van der Waals surface area contributed by atoms with Gasteiger partial charge in [-0.2, -0.15) is 0 Å². The fraction of sp³-hybridized carbons (Fsp3) is 0.636. The van der Waals surface area contributed by atoms with Gasteiger partial charge in [-0.25, -0.2) is 9.97 Å². The van der Waals surface area contributed by atoms with Crippen molar-refractivity contribution in [3.8, 4) is 0 Å². The van der Waals surface area contributed by atoms with Gasteiger partial charge in [0.2, 0.25) is 5.95 Å².